The Kier molecular flexibility index (Phi) is 9.47. The van der Waals surface area contributed by atoms with Gasteiger partial charge in [-0.1, -0.05) is 0 Å². The zero-order valence-electron chi connectivity index (χ0n) is 2.29. The molecule has 0 nitrogen and oxygen atoms in total. The molecule has 0 rings (SSSR count). The molecule has 0 aromatic heterocycles. The number of hydrogen-bond acceptors (Lipinski definition) is 0. The SMILES string of the molecule is P.[F][Sb]([F])[F]. The molecule has 5 heteroatoms. The van der Waals surface area contributed by atoms with Gasteiger partial charge >= 0.3 is 30.4 Å². The van der Waals surface area contributed by atoms with Crippen LogP contribution >= 0.6 is 9.90 Å². The molecule has 0 spiro atoms. The quantitative estimate of drug-likeness (QED) is 0.414. The van der Waals surface area contributed by atoms with Gasteiger partial charge in [0.25, 0.3) is 0 Å². The van der Waals surface area contributed by atoms with Crippen molar-refractivity contribution in [3.05, 3.63) is 0 Å². The van der Waals surface area contributed by atoms with E-state index in [0.29, 0.717) is 0 Å². The average Bonchev–Trinajstić information content (AvgIpc) is 0.811. The van der Waals surface area contributed by atoms with Gasteiger partial charge in [0.05, 0.1) is 0 Å². The molecule has 0 N–H and O–H groups in total. The molecule has 0 amide bonds. The molecule has 0 heterocycles. The topological polar surface area (TPSA) is 0 Å². The summed E-state index contributed by atoms with van der Waals surface area (Å²) in [5, 5.41) is 0. The fourth-order valence-corrected chi connectivity index (χ4v) is 0. The third-order valence-electron chi connectivity index (χ3n) is 0. The van der Waals surface area contributed by atoms with E-state index in [0.717, 1.165) is 0 Å². The van der Waals surface area contributed by atoms with E-state index in [-0.39, 0.29) is 9.90 Å². The Hall–Kier alpha value is 1.04. The van der Waals surface area contributed by atoms with Crippen LogP contribution < -0.4 is 0 Å². The van der Waals surface area contributed by atoms with E-state index >= 15 is 0 Å². The van der Waals surface area contributed by atoms with Gasteiger partial charge < -0.3 is 0 Å². The monoisotopic (exact) mass is 212 g/mol. The van der Waals surface area contributed by atoms with E-state index in [1.807, 2.05) is 0 Å². The van der Waals surface area contributed by atoms with Gasteiger partial charge in [-0.15, -0.1) is 0 Å². The van der Waals surface area contributed by atoms with Crippen LogP contribution in [0.3, 0.4) is 0 Å². The first-order valence-corrected chi connectivity index (χ1v) is 3.40. The second-order valence-corrected chi connectivity index (χ2v) is 1.29. The Balaban J connectivity index is 0. The Morgan fingerprint density at radius 1 is 1.00 bits per heavy atom. The van der Waals surface area contributed by atoms with Gasteiger partial charge in [0.15, 0.2) is 0 Å². The number of rotatable bonds is 0. The van der Waals surface area contributed by atoms with Crippen LogP contribution in [-0.4, -0.2) is 22.0 Å². The van der Waals surface area contributed by atoms with Crippen molar-refractivity contribution in [1.29, 1.82) is 0 Å². The van der Waals surface area contributed by atoms with Gasteiger partial charge in [-0.25, -0.2) is 0 Å². The summed E-state index contributed by atoms with van der Waals surface area (Å²) in [6, 6.07) is 0. The van der Waals surface area contributed by atoms with Crippen LogP contribution in [0.25, 0.3) is 0 Å². The molecule has 0 radical (unpaired) electrons. The molecule has 0 aromatic rings. The molecule has 0 aliphatic rings. The molecule has 0 aromatic carbocycles. The predicted octanol–water partition coefficient (Wildman–Crippen LogP) is 0.938. The third-order valence-corrected chi connectivity index (χ3v) is 0. The van der Waals surface area contributed by atoms with E-state index in [9.17, 15) is 8.44 Å². The van der Waals surface area contributed by atoms with Crippen LogP contribution in [0.1, 0.15) is 0 Å². The molecular weight excluding hydrogens is 210 g/mol. The van der Waals surface area contributed by atoms with Crippen molar-refractivity contribution in [3.63, 3.8) is 0 Å². The van der Waals surface area contributed by atoms with Crippen molar-refractivity contribution < 1.29 is 8.44 Å². The first-order chi connectivity index (χ1) is 1.73. The summed E-state index contributed by atoms with van der Waals surface area (Å²) in [5.41, 5.74) is 0. The van der Waals surface area contributed by atoms with Crippen molar-refractivity contribution in [1.82, 2.24) is 0 Å². The van der Waals surface area contributed by atoms with Crippen LogP contribution in [0.4, 0.5) is 8.44 Å². The van der Waals surface area contributed by atoms with Crippen molar-refractivity contribution in [2.24, 2.45) is 0 Å². The van der Waals surface area contributed by atoms with Crippen LogP contribution in [0.5, 0.6) is 0 Å². The summed E-state index contributed by atoms with van der Waals surface area (Å²) in [5.74, 6) is 0. The summed E-state index contributed by atoms with van der Waals surface area (Å²) < 4.78 is 29.6. The Morgan fingerprint density at radius 3 is 1.00 bits per heavy atom. The molecule has 34 valence electrons. The van der Waals surface area contributed by atoms with E-state index in [4.69, 9.17) is 0 Å². The second kappa shape index (κ2) is 5.04. The second-order valence-electron chi connectivity index (χ2n) is 0.192. The zero-order valence-corrected chi connectivity index (χ0v) is 6.26. The molecule has 1 atom stereocenters. The predicted molar refractivity (Wildman–Crippen MR) is 20.2 cm³/mol. The van der Waals surface area contributed by atoms with Crippen LogP contribution in [0, 0.1) is 0 Å². The molecule has 0 saturated carbocycles. The minimum atomic E-state index is -4.95. The summed E-state index contributed by atoms with van der Waals surface area (Å²) >= 11 is -4.95. The fourth-order valence-electron chi connectivity index (χ4n) is 0. The molecule has 0 fully saturated rings. The van der Waals surface area contributed by atoms with Crippen LogP contribution in [0.15, 0.2) is 0 Å². The first-order valence-electron chi connectivity index (χ1n) is 0.507. The van der Waals surface area contributed by atoms with E-state index < -0.39 is 22.0 Å². The molecule has 5 heavy (non-hydrogen) atoms. The van der Waals surface area contributed by atoms with E-state index in [2.05, 4.69) is 0 Å². The molecule has 0 saturated heterocycles. The Labute approximate surface area is 40.7 Å². The van der Waals surface area contributed by atoms with Gasteiger partial charge in [-0.3, -0.25) is 0 Å². The Morgan fingerprint density at radius 2 is 1.00 bits per heavy atom. The summed E-state index contributed by atoms with van der Waals surface area (Å²) in [6.07, 6.45) is 0. The summed E-state index contributed by atoms with van der Waals surface area (Å²) in [6.45, 7) is 0. The van der Waals surface area contributed by atoms with Crippen molar-refractivity contribution in [2.75, 3.05) is 0 Å². The fraction of sp³-hybridized carbons (Fsp3) is 0. The van der Waals surface area contributed by atoms with Gasteiger partial charge in [0.2, 0.25) is 0 Å². The Bertz CT molecular complexity index is 11.6. The van der Waals surface area contributed by atoms with Gasteiger partial charge in [0.1, 0.15) is 0 Å². The van der Waals surface area contributed by atoms with Crippen LogP contribution in [-0.2, 0) is 0 Å². The van der Waals surface area contributed by atoms with Gasteiger partial charge in [-0.05, 0) is 0 Å². The average molecular weight is 213 g/mol. The first kappa shape index (κ1) is 9.40. The number of halogens is 3. The summed E-state index contributed by atoms with van der Waals surface area (Å²) in [4.78, 5) is 0. The molecule has 1 unspecified atom stereocenters. The summed E-state index contributed by atoms with van der Waals surface area (Å²) in [7, 11) is 0. The minimum absolute atomic E-state index is 0. The molecule has 0 aliphatic carbocycles. The van der Waals surface area contributed by atoms with Gasteiger partial charge in [0, 0.05) is 0 Å². The van der Waals surface area contributed by atoms with E-state index in [1.54, 1.807) is 0 Å². The van der Waals surface area contributed by atoms with E-state index in [1.165, 1.54) is 0 Å². The van der Waals surface area contributed by atoms with Gasteiger partial charge in [-0.2, -0.15) is 9.90 Å². The molecular formula is H3F3PSb. The van der Waals surface area contributed by atoms with Crippen molar-refractivity contribution in [3.8, 4) is 0 Å². The molecule has 0 aliphatic heterocycles. The van der Waals surface area contributed by atoms with Crippen molar-refractivity contribution >= 4 is 31.9 Å². The standard InChI is InChI=1S/3FH.H3P.Sb/h3*1H;1H3;/q;;;;+3/p-3. The third kappa shape index (κ3) is 43.1. The van der Waals surface area contributed by atoms with Crippen molar-refractivity contribution in [2.45, 2.75) is 0 Å². The number of hydrogen-bond donors (Lipinski definition) is 0. The normalized spacial score (nSPS) is 7.20. The van der Waals surface area contributed by atoms with Crippen LogP contribution in [0.2, 0.25) is 0 Å². The maximum absolute atomic E-state index is 9.85. The zero-order chi connectivity index (χ0) is 3.58. The molecule has 0 bridgehead atoms. The maximum atomic E-state index is 9.85.